The van der Waals surface area contributed by atoms with E-state index in [2.05, 4.69) is 32.7 Å². The van der Waals surface area contributed by atoms with E-state index in [-0.39, 0.29) is 4.90 Å². The van der Waals surface area contributed by atoms with Crippen molar-refractivity contribution in [1.82, 2.24) is 14.1 Å². The Hall–Kier alpha value is -2.20. The van der Waals surface area contributed by atoms with Gasteiger partial charge in [-0.05, 0) is 60.7 Å². The van der Waals surface area contributed by atoms with Crippen molar-refractivity contribution in [3.8, 4) is 11.3 Å². The van der Waals surface area contributed by atoms with Crippen LogP contribution < -0.4 is 0 Å². The Labute approximate surface area is 164 Å². The number of fused-ring (bicyclic) bond motifs is 1. The first-order chi connectivity index (χ1) is 12.4. The molecular weight excluding hydrogens is 465 g/mol. The van der Waals surface area contributed by atoms with E-state index in [1.54, 1.807) is 48.7 Å². The summed E-state index contributed by atoms with van der Waals surface area (Å²) in [6.07, 6.45) is 1.59. The standard InChI is InChI=1S/C18H14IN3O3S/c1-11-17(12(2)25-21-11)15-8-9-16-18(20-15)14(19)10-22(16)26(23,24)13-6-4-3-5-7-13/h3-10H,1-2H3. The Morgan fingerprint density at radius 2 is 1.81 bits per heavy atom. The van der Waals surface area contributed by atoms with Crippen LogP contribution in [0.15, 0.2) is 58.1 Å². The molecule has 1 aromatic carbocycles. The average Bonchev–Trinajstić information content (AvgIpc) is 3.15. The van der Waals surface area contributed by atoms with Gasteiger partial charge in [-0.3, -0.25) is 0 Å². The number of hydrogen-bond donors (Lipinski definition) is 0. The van der Waals surface area contributed by atoms with Crippen LogP contribution in [0.1, 0.15) is 11.5 Å². The number of nitrogens with zero attached hydrogens (tertiary/aromatic N) is 3. The van der Waals surface area contributed by atoms with E-state index < -0.39 is 10.0 Å². The van der Waals surface area contributed by atoms with E-state index in [0.29, 0.717) is 22.5 Å². The summed E-state index contributed by atoms with van der Waals surface area (Å²) in [4.78, 5) is 4.91. The van der Waals surface area contributed by atoms with Crippen LogP contribution in [0.5, 0.6) is 0 Å². The summed E-state index contributed by atoms with van der Waals surface area (Å²) in [7, 11) is -3.69. The van der Waals surface area contributed by atoms with Crippen molar-refractivity contribution < 1.29 is 12.9 Å². The highest BCUT2D eigenvalue weighted by Crippen LogP contribution is 2.31. The van der Waals surface area contributed by atoms with E-state index in [1.165, 1.54) is 3.97 Å². The van der Waals surface area contributed by atoms with Gasteiger partial charge in [0.25, 0.3) is 10.0 Å². The minimum atomic E-state index is -3.69. The zero-order valence-electron chi connectivity index (χ0n) is 14.0. The zero-order valence-corrected chi connectivity index (χ0v) is 16.9. The minimum absolute atomic E-state index is 0.239. The number of pyridine rings is 1. The normalized spacial score (nSPS) is 12.0. The van der Waals surface area contributed by atoms with Crippen molar-refractivity contribution in [3.05, 3.63) is 63.7 Å². The molecule has 4 rings (SSSR count). The predicted molar refractivity (Wildman–Crippen MR) is 106 cm³/mol. The van der Waals surface area contributed by atoms with Crippen molar-refractivity contribution in [2.75, 3.05) is 0 Å². The van der Waals surface area contributed by atoms with Gasteiger partial charge < -0.3 is 4.52 Å². The molecule has 3 aromatic heterocycles. The second-order valence-corrected chi connectivity index (χ2v) is 8.83. The third kappa shape index (κ3) is 2.64. The molecule has 0 aliphatic rings. The summed E-state index contributed by atoms with van der Waals surface area (Å²) in [5.74, 6) is 0.681. The Morgan fingerprint density at radius 1 is 1.08 bits per heavy atom. The topological polar surface area (TPSA) is 78.0 Å². The SMILES string of the molecule is Cc1noc(C)c1-c1ccc2c(n1)c(I)cn2S(=O)(=O)c1ccccc1. The quantitative estimate of drug-likeness (QED) is 0.413. The summed E-state index contributed by atoms with van der Waals surface area (Å²) in [5, 5.41) is 3.96. The summed E-state index contributed by atoms with van der Waals surface area (Å²) in [6.45, 7) is 3.69. The minimum Gasteiger partial charge on any atom is -0.361 e. The molecular formula is C18H14IN3O3S. The molecule has 0 amide bonds. The molecule has 0 spiro atoms. The van der Waals surface area contributed by atoms with Crippen LogP contribution in [0.4, 0.5) is 0 Å². The maximum absolute atomic E-state index is 13.0. The zero-order chi connectivity index (χ0) is 18.5. The van der Waals surface area contributed by atoms with E-state index in [9.17, 15) is 8.42 Å². The average molecular weight is 479 g/mol. The van der Waals surface area contributed by atoms with Crippen LogP contribution in [-0.2, 0) is 10.0 Å². The van der Waals surface area contributed by atoms with E-state index >= 15 is 0 Å². The largest absolute Gasteiger partial charge is 0.361 e. The van der Waals surface area contributed by atoms with Crippen molar-refractivity contribution in [1.29, 1.82) is 0 Å². The molecule has 0 radical (unpaired) electrons. The van der Waals surface area contributed by atoms with Crippen LogP contribution in [0, 0.1) is 17.4 Å². The maximum atomic E-state index is 13.0. The third-order valence-electron chi connectivity index (χ3n) is 4.16. The Bertz CT molecular complexity index is 1210. The van der Waals surface area contributed by atoms with E-state index in [4.69, 9.17) is 4.52 Å². The monoisotopic (exact) mass is 479 g/mol. The van der Waals surface area contributed by atoms with Gasteiger partial charge in [0.1, 0.15) is 11.3 Å². The van der Waals surface area contributed by atoms with Crippen LogP contribution in [0.25, 0.3) is 22.3 Å². The second kappa shape index (κ2) is 6.20. The number of halogens is 1. The van der Waals surface area contributed by atoms with Gasteiger partial charge >= 0.3 is 0 Å². The van der Waals surface area contributed by atoms with Gasteiger partial charge in [-0.25, -0.2) is 17.4 Å². The second-order valence-electron chi connectivity index (χ2n) is 5.85. The van der Waals surface area contributed by atoms with Gasteiger partial charge in [0.05, 0.1) is 30.9 Å². The Morgan fingerprint density at radius 3 is 2.46 bits per heavy atom. The Balaban J connectivity index is 1.93. The van der Waals surface area contributed by atoms with E-state index in [1.807, 2.05) is 13.8 Å². The molecule has 0 atom stereocenters. The molecule has 0 saturated heterocycles. The molecule has 0 unspecified atom stereocenters. The van der Waals surface area contributed by atoms with Crippen LogP contribution >= 0.6 is 22.6 Å². The van der Waals surface area contributed by atoms with Gasteiger partial charge in [-0.2, -0.15) is 0 Å². The van der Waals surface area contributed by atoms with Crippen LogP contribution in [0.3, 0.4) is 0 Å². The third-order valence-corrected chi connectivity index (χ3v) is 6.64. The lowest BCUT2D eigenvalue weighted by molar-refractivity contribution is 0.393. The first kappa shape index (κ1) is 17.2. The van der Waals surface area contributed by atoms with Gasteiger partial charge in [0, 0.05) is 6.20 Å². The lowest BCUT2D eigenvalue weighted by Gasteiger charge is -2.07. The fourth-order valence-corrected chi connectivity index (χ4v) is 5.17. The lowest BCUT2D eigenvalue weighted by Crippen LogP contribution is -2.11. The van der Waals surface area contributed by atoms with Crippen molar-refractivity contribution >= 4 is 43.6 Å². The van der Waals surface area contributed by atoms with Gasteiger partial charge in [-0.15, -0.1) is 0 Å². The highest BCUT2D eigenvalue weighted by molar-refractivity contribution is 14.1. The van der Waals surface area contributed by atoms with E-state index in [0.717, 1.165) is 14.8 Å². The van der Waals surface area contributed by atoms with Gasteiger partial charge in [-0.1, -0.05) is 23.4 Å². The van der Waals surface area contributed by atoms with Gasteiger partial charge in [0.15, 0.2) is 0 Å². The molecule has 0 bridgehead atoms. The molecule has 6 nitrogen and oxygen atoms in total. The molecule has 0 aliphatic carbocycles. The van der Waals surface area contributed by atoms with Crippen molar-refractivity contribution in [2.24, 2.45) is 0 Å². The molecule has 0 N–H and O–H groups in total. The number of aryl methyl sites for hydroxylation is 2. The first-order valence-electron chi connectivity index (χ1n) is 7.81. The van der Waals surface area contributed by atoms with Crippen LogP contribution in [0.2, 0.25) is 0 Å². The van der Waals surface area contributed by atoms with Crippen LogP contribution in [-0.4, -0.2) is 22.5 Å². The number of benzene rings is 1. The maximum Gasteiger partial charge on any atom is 0.268 e. The van der Waals surface area contributed by atoms with Crippen molar-refractivity contribution in [3.63, 3.8) is 0 Å². The van der Waals surface area contributed by atoms with Gasteiger partial charge in [0.2, 0.25) is 0 Å². The fraction of sp³-hybridized carbons (Fsp3) is 0.111. The molecule has 0 fully saturated rings. The number of rotatable bonds is 3. The molecule has 3 heterocycles. The molecule has 26 heavy (non-hydrogen) atoms. The summed E-state index contributed by atoms with van der Waals surface area (Å²) in [5.41, 5.74) is 3.46. The smallest absolute Gasteiger partial charge is 0.268 e. The molecule has 0 saturated carbocycles. The fourth-order valence-electron chi connectivity index (χ4n) is 2.93. The number of aromatic nitrogens is 3. The molecule has 8 heteroatoms. The molecule has 0 aliphatic heterocycles. The summed E-state index contributed by atoms with van der Waals surface area (Å²) < 4.78 is 33.2. The number of hydrogen-bond acceptors (Lipinski definition) is 5. The Kier molecular flexibility index (Phi) is 4.11. The lowest BCUT2D eigenvalue weighted by atomic mass is 10.1. The predicted octanol–water partition coefficient (Wildman–Crippen LogP) is 4.15. The first-order valence-corrected chi connectivity index (χ1v) is 10.3. The summed E-state index contributed by atoms with van der Waals surface area (Å²) >= 11 is 2.10. The van der Waals surface area contributed by atoms with Crippen molar-refractivity contribution in [2.45, 2.75) is 18.7 Å². The molecule has 4 aromatic rings. The molecule has 132 valence electrons. The highest BCUT2D eigenvalue weighted by atomic mass is 127. The summed E-state index contributed by atoms with van der Waals surface area (Å²) in [6, 6.07) is 11.9. The highest BCUT2D eigenvalue weighted by Gasteiger charge is 2.22.